The summed E-state index contributed by atoms with van der Waals surface area (Å²) in [6.45, 7) is 0.00617. The SMILES string of the molecule is N#Cc1cc(CO)ccc1Oc1ccc(CCO)cc1. The lowest BCUT2D eigenvalue weighted by molar-refractivity contribution is 0.281. The van der Waals surface area contributed by atoms with Crippen LogP contribution in [-0.2, 0) is 13.0 Å². The summed E-state index contributed by atoms with van der Waals surface area (Å²) in [7, 11) is 0. The molecule has 2 aromatic rings. The van der Waals surface area contributed by atoms with Crippen LogP contribution >= 0.6 is 0 Å². The number of hydrogen-bond acceptors (Lipinski definition) is 4. The molecule has 0 radical (unpaired) electrons. The van der Waals surface area contributed by atoms with Crippen molar-refractivity contribution in [2.24, 2.45) is 0 Å². The van der Waals surface area contributed by atoms with Gasteiger partial charge in [-0.05, 0) is 41.8 Å². The third-order valence-corrected chi connectivity index (χ3v) is 2.90. The van der Waals surface area contributed by atoms with Crippen molar-refractivity contribution < 1.29 is 14.9 Å². The summed E-state index contributed by atoms with van der Waals surface area (Å²) in [6, 6.07) is 14.4. The van der Waals surface area contributed by atoms with Crippen LogP contribution in [0.25, 0.3) is 0 Å². The first-order chi connectivity index (χ1) is 9.76. The van der Waals surface area contributed by atoms with E-state index in [1.54, 1.807) is 30.3 Å². The maximum atomic E-state index is 9.09. The molecule has 4 heteroatoms. The quantitative estimate of drug-likeness (QED) is 0.874. The predicted octanol–water partition coefficient (Wildman–Crippen LogP) is 2.38. The molecule has 102 valence electrons. The molecule has 20 heavy (non-hydrogen) atoms. The fourth-order valence-corrected chi connectivity index (χ4v) is 1.83. The van der Waals surface area contributed by atoms with E-state index in [9.17, 15) is 0 Å². The lowest BCUT2D eigenvalue weighted by Gasteiger charge is -2.09. The van der Waals surface area contributed by atoms with Gasteiger partial charge in [-0.15, -0.1) is 0 Å². The van der Waals surface area contributed by atoms with Crippen LogP contribution in [0.5, 0.6) is 11.5 Å². The van der Waals surface area contributed by atoms with Crippen molar-refractivity contribution in [3.63, 3.8) is 0 Å². The normalized spacial score (nSPS) is 10.1. The molecule has 0 aliphatic heterocycles. The van der Waals surface area contributed by atoms with E-state index >= 15 is 0 Å². The highest BCUT2D eigenvalue weighted by atomic mass is 16.5. The van der Waals surface area contributed by atoms with Crippen molar-refractivity contribution in [1.29, 1.82) is 5.26 Å². The minimum Gasteiger partial charge on any atom is -0.456 e. The summed E-state index contributed by atoms with van der Waals surface area (Å²) in [5.41, 5.74) is 2.08. The summed E-state index contributed by atoms with van der Waals surface area (Å²) < 4.78 is 5.67. The van der Waals surface area contributed by atoms with Crippen LogP contribution in [0.15, 0.2) is 42.5 Å². The van der Waals surface area contributed by atoms with Gasteiger partial charge in [0.2, 0.25) is 0 Å². The highest BCUT2D eigenvalue weighted by molar-refractivity contribution is 5.47. The van der Waals surface area contributed by atoms with Gasteiger partial charge < -0.3 is 14.9 Å². The van der Waals surface area contributed by atoms with E-state index in [0.29, 0.717) is 29.0 Å². The number of aliphatic hydroxyl groups is 2. The van der Waals surface area contributed by atoms with E-state index < -0.39 is 0 Å². The Hall–Kier alpha value is -2.35. The van der Waals surface area contributed by atoms with Crippen molar-refractivity contribution in [3.8, 4) is 17.6 Å². The molecule has 0 saturated carbocycles. The summed E-state index contributed by atoms with van der Waals surface area (Å²) in [5, 5.41) is 27.0. The summed E-state index contributed by atoms with van der Waals surface area (Å²) in [5.74, 6) is 1.08. The zero-order chi connectivity index (χ0) is 14.4. The molecule has 0 fully saturated rings. The van der Waals surface area contributed by atoms with Crippen LogP contribution in [0.2, 0.25) is 0 Å². The Morgan fingerprint density at radius 2 is 1.70 bits per heavy atom. The first-order valence-corrected chi connectivity index (χ1v) is 6.28. The molecule has 0 unspecified atom stereocenters. The average molecular weight is 269 g/mol. The van der Waals surface area contributed by atoms with Gasteiger partial charge in [0, 0.05) is 6.61 Å². The van der Waals surface area contributed by atoms with Crippen LogP contribution in [0.3, 0.4) is 0 Å². The molecular formula is C16H15NO3. The highest BCUT2D eigenvalue weighted by Crippen LogP contribution is 2.26. The molecule has 0 aromatic heterocycles. The van der Waals surface area contributed by atoms with E-state index in [4.69, 9.17) is 20.2 Å². The second-order valence-corrected chi connectivity index (χ2v) is 4.32. The molecule has 0 heterocycles. The Balaban J connectivity index is 2.19. The molecule has 0 bridgehead atoms. The van der Waals surface area contributed by atoms with Gasteiger partial charge in [0.1, 0.15) is 17.6 Å². The third kappa shape index (κ3) is 3.35. The molecule has 0 atom stereocenters. The smallest absolute Gasteiger partial charge is 0.145 e. The fourth-order valence-electron chi connectivity index (χ4n) is 1.83. The Morgan fingerprint density at radius 3 is 2.30 bits per heavy atom. The molecule has 0 amide bonds. The lowest BCUT2D eigenvalue weighted by atomic mass is 10.1. The Kier molecular flexibility index (Phi) is 4.72. The molecule has 0 aliphatic carbocycles. The van der Waals surface area contributed by atoms with Crippen molar-refractivity contribution in [3.05, 3.63) is 59.2 Å². The maximum Gasteiger partial charge on any atom is 0.145 e. The van der Waals surface area contributed by atoms with Crippen LogP contribution < -0.4 is 4.74 Å². The zero-order valence-electron chi connectivity index (χ0n) is 10.9. The maximum absolute atomic E-state index is 9.09. The van der Waals surface area contributed by atoms with Gasteiger partial charge in [-0.2, -0.15) is 5.26 Å². The van der Waals surface area contributed by atoms with Crippen LogP contribution in [0.4, 0.5) is 0 Å². The van der Waals surface area contributed by atoms with Crippen LogP contribution in [0.1, 0.15) is 16.7 Å². The fraction of sp³-hybridized carbons (Fsp3) is 0.188. The molecule has 4 nitrogen and oxygen atoms in total. The van der Waals surface area contributed by atoms with Crippen molar-refractivity contribution in [1.82, 2.24) is 0 Å². The standard InChI is InChI=1S/C16H15NO3/c17-10-14-9-13(11-19)3-6-16(14)20-15-4-1-12(2-5-15)7-8-18/h1-6,9,18-19H,7-8,11H2. The molecule has 0 saturated heterocycles. The summed E-state index contributed by atoms with van der Waals surface area (Å²) in [4.78, 5) is 0. The van der Waals surface area contributed by atoms with Gasteiger partial charge >= 0.3 is 0 Å². The highest BCUT2D eigenvalue weighted by Gasteiger charge is 2.06. The third-order valence-electron chi connectivity index (χ3n) is 2.90. The number of nitriles is 1. The van der Waals surface area contributed by atoms with E-state index in [1.807, 2.05) is 12.1 Å². The topological polar surface area (TPSA) is 73.5 Å². The van der Waals surface area contributed by atoms with Gasteiger partial charge in [0.25, 0.3) is 0 Å². The average Bonchev–Trinajstić information content (AvgIpc) is 2.50. The molecule has 0 aliphatic rings. The second kappa shape index (κ2) is 6.71. The first kappa shape index (κ1) is 14.1. The number of aliphatic hydroxyl groups excluding tert-OH is 2. The molecule has 2 N–H and O–H groups in total. The number of benzene rings is 2. The van der Waals surface area contributed by atoms with Crippen LogP contribution in [0, 0.1) is 11.3 Å². The number of ether oxygens (including phenoxy) is 1. The second-order valence-electron chi connectivity index (χ2n) is 4.32. The zero-order valence-corrected chi connectivity index (χ0v) is 10.9. The summed E-state index contributed by atoms with van der Waals surface area (Å²) >= 11 is 0. The van der Waals surface area contributed by atoms with Gasteiger partial charge in [0.15, 0.2) is 0 Å². The predicted molar refractivity (Wildman–Crippen MR) is 74.4 cm³/mol. The minimum atomic E-state index is -0.106. The van der Waals surface area contributed by atoms with E-state index in [-0.39, 0.29) is 13.2 Å². The minimum absolute atomic E-state index is 0.106. The monoisotopic (exact) mass is 269 g/mol. The summed E-state index contributed by atoms with van der Waals surface area (Å²) in [6.07, 6.45) is 0.606. The lowest BCUT2D eigenvalue weighted by Crippen LogP contribution is -1.93. The number of hydrogen-bond donors (Lipinski definition) is 2. The molecule has 2 aromatic carbocycles. The van der Waals surface area contributed by atoms with Crippen molar-refractivity contribution in [2.75, 3.05) is 6.61 Å². The van der Waals surface area contributed by atoms with E-state index in [1.165, 1.54) is 0 Å². The Morgan fingerprint density at radius 1 is 1.00 bits per heavy atom. The van der Waals surface area contributed by atoms with Crippen LogP contribution in [-0.4, -0.2) is 16.8 Å². The van der Waals surface area contributed by atoms with E-state index in [2.05, 4.69) is 6.07 Å². The molecule has 0 spiro atoms. The van der Waals surface area contributed by atoms with Gasteiger partial charge in [-0.25, -0.2) is 0 Å². The van der Waals surface area contributed by atoms with Crippen molar-refractivity contribution in [2.45, 2.75) is 13.0 Å². The molecule has 2 rings (SSSR count). The Labute approximate surface area is 117 Å². The largest absolute Gasteiger partial charge is 0.456 e. The number of nitrogens with zero attached hydrogens (tertiary/aromatic N) is 1. The Bertz CT molecular complexity index is 615. The van der Waals surface area contributed by atoms with Crippen molar-refractivity contribution >= 4 is 0 Å². The first-order valence-electron chi connectivity index (χ1n) is 6.28. The molecular weight excluding hydrogens is 254 g/mol. The van der Waals surface area contributed by atoms with E-state index in [0.717, 1.165) is 5.56 Å². The van der Waals surface area contributed by atoms with Gasteiger partial charge in [-0.1, -0.05) is 18.2 Å². The number of rotatable bonds is 5. The van der Waals surface area contributed by atoms with Gasteiger partial charge in [0.05, 0.1) is 12.2 Å². The van der Waals surface area contributed by atoms with Gasteiger partial charge in [-0.3, -0.25) is 0 Å².